The van der Waals surface area contributed by atoms with Crippen LogP contribution < -0.4 is 11.1 Å². The summed E-state index contributed by atoms with van der Waals surface area (Å²) in [7, 11) is 0. The number of benzene rings is 1. The smallest absolute Gasteiger partial charge is 0.269 e. The molecule has 0 aliphatic heterocycles. The van der Waals surface area contributed by atoms with Gasteiger partial charge < -0.3 is 16.0 Å². The fourth-order valence-corrected chi connectivity index (χ4v) is 2.09. The molecule has 2 aromatic rings. The number of nitrogens with two attached hydrogens (primary N) is 1. The molecule has 2 amide bonds. The van der Waals surface area contributed by atoms with E-state index >= 15 is 0 Å². The van der Waals surface area contributed by atoms with E-state index in [1.54, 1.807) is 18.2 Å². The van der Waals surface area contributed by atoms with E-state index in [9.17, 15) is 9.59 Å². The van der Waals surface area contributed by atoms with Gasteiger partial charge in [-0.25, -0.2) is 0 Å². The van der Waals surface area contributed by atoms with Crippen molar-refractivity contribution in [2.24, 2.45) is 5.73 Å². The SMILES string of the molecule is CC(NC(=O)c1[nH]c2ccc(Cl)cc2c1Cl)C(N)=O. The Morgan fingerprint density at radius 3 is 2.68 bits per heavy atom. The number of aromatic nitrogens is 1. The normalized spacial score (nSPS) is 12.4. The number of hydrogen-bond acceptors (Lipinski definition) is 2. The molecule has 0 radical (unpaired) electrons. The monoisotopic (exact) mass is 299 g/mol. The first-order valence-electron chi connectivity index (χ1n) is 5.47. The Labute approximate surface area is 119 Å². The summed E-state index contributed by atoms with van der Waals surface area (Å²) in [6, 6.07) is 4.28. The highest BCUT2D eigenvalue weighted by Crippen LogP contribution is 2.29. The third-order valence-electron chi connectivity index (χ3n) is 2.70. The summed E-state index contributed by atoms with van der Waals surface area (Å²) in [5.41, 5.74) is 5.94. The molecule has 1 aromatic carbocycles. The van der Waals surface area contributed by atoms with E-state index in [0.717, 1.165) is 0 Å². The van der Waals surface area contributed by atoms with Crippen LogP contribution >= 0.6 is 23.2 Å². The van der Waals surface area contributed by atoms with Crippen LogP contribution in [0.5, 0.6) is 0 Å². The van der Waals surface area contributed by atoms with Crippen LogP contribution in [0.3, 0.4) is 0 Å². The molecule has 0 spiro atoms. The maximum atomic E-state index is 12.0. The minimum atomic E-state index is -0.779. The zero-order valence-electron chi connectivity index (χ0n) is 9.96. The Balaban J connectivity index is 2.37. The van der Waals surface area contributed by atoms with Crippen molar-refractivity contribution >= 4 is 45.9 Å². The first-order valence-corrected chi connectivity index (χ1v) is 6.22. The van der Waals surface area contributed by atoms with Gasteiger partial charge >= 0.3 is 0 Å². The summed E-state index contributed by atoms with van der Waals surface area (Å²) in [5.74, 6) is -1.12. The Bertz CT molecular complexity index is 666. The minimum Gasteiger partial charge on any atom is -0.368 e. The molecule has 0 bridgehead atoms. The van der Waals surface area contributed by atoms with Crippen LogP contribution in [-0.4, -0.2) is 22.8 Å². The van der Waals surface area contributed by atoms with E-state index < -0.39 is 17.9 Å². The quantitative estimate of drug-likeness (QED) is 0.810. The lowest BCUT2D eigenvalue weighted by molar-refractivity contribution is -0.119. The van der Waals surface area contributed by atoms with Crippen LogP contribution in [-0.2, 0) is 4.79 Å². The zero-order valence-corrected chi connectivity index (χ0v) is 11.5. The van der Waals surface area contributed by atoms with Crippen LogP contribution in [0.25, 0.3) is 10.9 Å². The van der Waals surface area contributed by atoms with Crippen molar-refractivity contribution in [1.29, 1.82) is 0 Å². The molecule has 19 heavy (non-hydrogen) atoms. The van der Waals surface area contributed by atoms with Crippen LogP contribution in [0.1, 0.15) is 17.4 Å². The molecule has 4 N–H and O–H groups in total. The molecule has 0 saturated carbocycles. The van der Waals surface area contributed by atoms with Crippen molar-refractivity contribution in [3.05, 3.63) is 33.9 Å². The highest BCUT2D eigenvalue weighted by Gasteiger charge is 2.19. The molecule has 0 fully saturated rings. The van der Waals surface area contributed by atoms with E-state index in [2.05, 4.69) is 10.3 Å². The number of aromatic amines is 1. The minimum absolute atomic E-state index is 0.173. The molecule has 7 heteroatoms. The lowest BCUT2D eigenvalue weighted by Crippen LogP contribution is -2.42. The number of hydrogen-bond donors (Lipinski definition) is 3. The van der Waals surface area contributed by atoms with E-state index in [1.165, 1.54) is 6.92 Å². The summed E-state index contributed by atoms with van der Waals surface area (Å²) in [4.78, 5) is 25.8. The predicted molar refractivity (Wildman–Crippen MR) is 74.4 cm³/mol. The molecule has 2 rings (SSSR count). The van der Waals surface area contributed by atoms with Gasteiger partial charge in [0.1, 0.15) is 11.7 Å². The van der Waals surface area contributed by atoms with Gasteiger partial charge in [-0.2, -0.15) is 0 Å². The molecule has 1 aromatic heterocycles. The molecule has 0 saturated heterocycles. The van der Waals surface area contributed by atoms with Crippen LogP contribution in [0.15, 0.2) is 18.2 Å². The van der Waals surface area contributed by atoms with Crippen molar-refractivity contribution in [2.45, 2.75) is 13.0 Å². The lowest BCUT2D eigenvalue weighted by atomic mass is 10.2. The van der Waals surface area contributed by atoms with Crippen LogP contribution in [0.4, 0.5) is 0 Å². The number of nitrogens with one attached hydrogen (secondary N) is 2. The molecule has 0 aliphatic rings. The number of carbonyl (C=O) groups is 2. The topological polar surface area (TPSA) is 88.0 Å². The molecule has 100 valence electrons. The summed E-state index contributed by atoms with van der Waals surface area (Å²) >= 11 is 12.0. The molecule has 1 unspecified atom stereocenters. The van der Waals surface area contributed by atoms with Gasteiger partial charge in [-0.1, -0.05) is 23.2 Å². The molecule has 1 heterocycles. The number of rotatable bonds is 3. The maximum absolute atomic E-state index is 12.0. The Hall–Kier alpha value is -1.72. The van der Waals surface area contributed by atoms with Gasteiger partial charge in [-0.15, -0.1) is 0 Å². The third kappa shape index (κ3) is 2.67. The van der Waals surface area contributed by atoms with E-state index in [-0.39, 0.29) is 10.7 Å². The number of primary amides is 1. The van der Waals surface area contributed by atoms with Gasteiger partial charge in [0.15, 0.2) is 0 Å². The molecule has 1 atom stereocenters. The Morgan fingerprint density at radius 1 is 1.37 bits per heavy atom. The number of fused-ring (bicyclic) bond motifs is 1. The lowest BCUT2D eigenvalue weighted by Gasteiger charge is -2.08. The average molecular weight is 300 g/mol. The Kier molecular flexibility index (Phi) is 3.68. The zero-order chi connectivity index (χ0) is 14.2. The maximum Gasteiger partial charge on any atom is 0.269 e. The van der Waals surface area contributed by atoms with Crippen molar-refractivity contribution in [2.75, 3.05) is 0 Å². The van der Waals surface area contributed by atoms with Gasteiger partial charge in [0.25, 0.3) is 5.91 Å². The predicted octanol–water partition coefficient (Wildman–Crippen LogP) is 2.08. The summed E-state index contributed by atoms with van der Waals surface area (Å²) in [5, 5.41) is 3.87. The molecular formula is C12H11Cl2N3O2. The number of halogens is 2. The second-order valence-corrected chi connectivity index (χ2v) is 4.92. The van der Waals surface area contributed by atoms with Crippen molar-refractivity contribution < 1.29 is 9.59 Å². The van der Waals surface area contributed by atoms with Crippen molar-refractivity contribution in [1.82, 2.24) is 10.3 Å². The largest absolute Gasteiger partial charge is 0.368 e. The number of carbonyl (C=O) groups excluding carboxylic acids is 2. The fourth-order valence-electron chi connectivity index (χ4n) is 1.63. The average Bonchev–Trinajstić information content (AvgIpc) is 2.66. The number of amides is 2. The fraction of sp³-hybridized carbons (Fsp3) is 0.167. The van der Waals surface area contributed by atoms with Gasteiger partial charge in [0, 0.05) is 15.9 Å². The summed E-state index contributed by atoms with van der Waals surface area (Å²) in [6.45, 7) is 1.49. The van der Waals surface area contributed by atoms with E-state index in [4.69, 9.17) is 28.9 Å². The third-order valence-corrected chi connectivity index (χ3v) is 3.33. The first kappa shape index (κ1) is 13.7. The molecule has 0 aliphatic carbocycles. The second kappa shape index (κ2) is 5.11. The van der Waals surface area contributed by atoms with Crippen molar-refractivity contribution in [3.63, 3.8) is 0 Å². The highest BCUT2D eigenvalue weighted by atomic mass is 35.5. The van der Waals surface area contributed by atoms with E-state index in [1.807, 2.05) is 0 Å². The number of H-pyrrole nitrogens is 1. The highest BCUT2D eigenvalue weighted by molar-refractivity contribution is 6.39. The van der Waals surface area contributed by atoms with Crippen molar-refractivity contribution in [3.8, 4) is 0 Å². The molecule has 5 nitrogen and oxygen atoms in total. The molecular weight excluding hydrogens is 289 g/mol. The Morgan fingerprint density at radius 2 is 2.05 bits per heavy atom. The first-order chi connectivity index (χ1) is 8.90. The second-order valence-electron chi connectivity index (χ2n) is 4.10. The van der Waals surface area contributed by atoms with Gasteiger partial charge in [-0.05, 0) is 25.1 Å². The standard InChI is InChI=1S/C12H11Cl2N3O2/c1-5(11(15)18)16-12(19)10-9(14)7-4-6(13)2-3-8(7)17-10/h2-5,17H,1H3,(H2,15,18)(H,16,19). The van der Waals surface area contributed by atoms with Crippen LogP contribution in [0, 0.1) is 0 Å². The van der Waals surface area contributed by atoms with Gasteiger partial charge in [0.05, 0.1) is 5.02 Å². The van der Waals surface area contributed by atoms with Gasteiger partial charge in [-0.3, -0.25) is 9.59 Å². The van der Waals surface area contributed by atoms with Gasteiger partial charge in [0.2, 0.25) is 5.91 Å². The van der Waals surface area contributed by atoms with Crippen LogP contribution in [0.2, 0.25) is 10.0 Å². The summed E-state index contributed by atoms with van der Waals surface area (Å²) in [6.07, 6.45) is 0. The van der Waals surface area contributed by atoms with E-state index in [0.29, 0.717) is 15.9 Å². The summed E-state index contributed by atoms with van der Waals surface area (Å²) < 4.78 is 0.